The van der Waals surface area contributed by atoms with Crippen molar-refractivity contribution < 1.29 is 4.79 Å². The van der Waals surface area contributed by atoms with Gasteiger partial charge in [-0.15, -0.1) is 0 Å². The molecule has 0 saturated carbocycles. The van der Waals surface area contributed by atoms with Crippen molar-refractivity contribution in [1.82, 2.24) is 0 Å². The van der Waals surface area contributed by atoms with Gasteiger partial charge in [0.15, 0.2) is 5.78 Å². The smallest absolute Gasteiger partial charge is 0.193 e. The number of carbonyl (C=O) groups excluding carboxylic acids is 1. The van der Waals surface area contributed by atoms with Gasteiger partial charge in [0, 0.05) is 11.1 Å². The maximum atomic E-state index is 12.3. The normalized spacial score (nSPS) is 10.7. The van der Waals surface area contributed by atoms with E-state index in [9.17, 15) is 4.79 Å². The summed E-state index contributed by atoms with van der Waals surface area (Å²) in [5, 5.41) is 0. The van der Waals surface area contributed by atoms with Crippen LogP contribution in [-0.2, 0) is 0 Å². The van der Waals surface area contributed by atoms with Crippen LogP contribution in [0, 0.1) is 0 Å². The quantitative estimate of drug-likeness (QED) is 0.482. The molecule has 3 rings (SSSR count). The Morgan fingerprint density at radius 1 is 0.545 bits per heavy atom. The van der Waals surface area contributed by atoms with E-state index < -0.39 is 0 Å². The molecule has 1 heteroatoms. The minimum absolute atomic E-state index is 0.0548. The molecule has 1 nitrogen and oxygen atoms in total. The Balaban J connectivity index is 1.76. The van der Waals surface area contributed by atoms with Crippen molar-refractivity contribution in [2.45, 2.75) is 0 Å². The molecule has 0 bridgehead atoms. The van der Waals surface area contributed by atoms with E-state index in [0.29, 0.717) is 5.56 Å². The Labute approximate surface area is 130 Å². The number of hydrogen-bond acceptors (Lipinski definition) is 1. The second-order valence-corrected chi connectivity index (χ2v) is 5.06. The lowest BCUT2D eigenvalue weighted by atomic mass is 10.0. The van der Waals surface area contributed by atoms with Crippen LogP contribution in [-0.4, -0.2) is 5.78 Å². The van der Waals surface area contributed by atoms with Gasteiger partial charge in [0.05, 0.1) is 0 Å². The van der Waals surface area contributed by atoms with Crippen LogP contribution >= 0.6 is 0 Å². The van der Waals surface area contributed by atoms with Gasteiger partial charge < -0.3 is 0 Å². The van der Waals surface area contributed by atoms with Gasteiger partial charge in [0.2, 0.25) is 0 Å². The average Bonchev–Trinajstić information content (AvgIpc) is 2.61. The first kappa shape index (κ1) is 14.0. The molecule has 0 fully saturated rings. The highest BCUT2D eigenvalue weighted by atomic mass is 16.1. The Hall–Kier alpha value is -2.93. The van der Waals surface area contributed by atoms with Gasteiger partial charge in [-0.1, -0.05) is 97.1 Å². The first-order chi connectivity index (χ1) is 10.8. The molecule has 0 radical (unpaired) electrons. The summed E-state index contributed by atoms with van der Waals surface area (Å²) in [6, 6.07) is 27.2. The fourth-order valence-corrected chi connectivity index (χ4v) is 2.26. The number of carbonyl (C=O) groups is 1. The average molecular weight is 284 g/mol. The van der Waals surface area contributed by atoms with Crippen LogP contribution in [0.3, 0.4) is 0 Å². The van der Waals surface area contributed by atoms with Crippen molar-refractivity contribution in [2.24, 2.45) is 0 Å². The van der Waals surface area contributed by atoms with E-state index in [2.05, 4.69) is 18.2 Å². The Morgan fingerprint density at radius 3 is 1.59 bits per heavy atom. The lowest BCUT2D eigenvalue weighted by Crippen LogP contribution is -2.00. The summed E-state index contributed by atoms with van der Waals surface area (Å²) < 4.78 is 0. The van der Waals surface area contributed by atoms with Gasteiger partial charge in [-0.25, -0.2) is 0 Å². The second kappa shape index (κ2) is 6.68. The SMILES string of the molecule is O=C(c1ccccc1)c1ccc(/C=C\c2ccccc2)cc1. The predicted molar refractivity (Wildman–Crippen MR) is 91.7 cm³/mol. The Kier molecular flexibility index (Phi) is 4.26. The molecule has 0 spiro atoms. The first-order valence-electron chi connectivity index (χ1n) is 7.26. The monoisotopic (exact) mass is 284 g/mol. The molecule has 0 aromatic heterocycles. The molecule has 0 atom stereocenters. The highest BCUT2D eigenvalue weighted by Gasteiger charge is 2.07. The standard InChI is InChI=1S/C21H16O/c22-21(19-9-5-2-6-10-19)20-15-13-18(14-16-20)12-11-17-7-3-1-4-8-17/h1-16H/b12-11-. The molecule has 3 aromatic carbocycles. The van der Waals surface area contributed by atoms with Crippen LogP contribution in [0.25, 0.3) is 12.2 Å². The third-order valence-corrected chi connectivity index (χ3v) is 3.48. The second-order valence-electron chi connectivity index (χ2n) is 5.06. The minimum atomic E-state index is 0.0548. The molecule has 0 saturated heterocycles. The fourth-order valence-electron chi connectivity index (χ4n) is 2.26. The molecular formula is C21H16O. The highest BCUT2D eigenvalue weighted by molar-refractivity contribution is 6.09. The minimum Gasteiger partial charge on any atom is -0.289 e. The zero-order valence-corrected chi connectivity index (χ0v) is 12.1. The summed E-state index contributed by atoms with van der Waals surface area (Å²) in [6.45, 7) is 0. The Morgan fingerprint density at radius 2 is 1.00 bits per heavy atom. The largest absolute Gasteiger partial charge is 0.289 e. The lowest BCUT2D eigenvalue weighted by Gasteiger charge is -2.01. The number of hydrogen-bond donors (Lipinski definition) is 0. The van der Waals surface area contributed by atoms with Gasteiger partial charge in [0.25, 0.3) is 0 Å². The molecule has 106 valence electrons. The molecule has 0 aliphatic carbocycles. The fraction of sp³-hybridized carbons (Fsp3) is 0. The third-order valence-electron chi connectivity index (χ3n) is 3.48. The van der Waals surface area contributed by atoms with E-state index in [4.69, 9.17) is 0 Å². The number of rotatable bonds is 4. The summed E-state index contributed by atoms with van der Waals surface area (Å²) in [5.74, 6) is 0.0548. The maximum absolute atomic E-state index is 12.3. The van der Waals surface area contributed by atoms with Crippen LogP contribution in [0.4, 0.5) is 0 Å². The molecule has 22 heavy (non-hydrogen) atoms. The molecule has 0 amide bonds. The third kappa shape index (κ3) is 3.39. The van der Waals surface area contributed by atoms with E-state index in [-0.39, 0.29) is 5.78 Å². The van der Waals surface area contributed by atoms with Crippen molar-refractivity contribution in [3.63, 3.8) is 0 Å². The van der Waals surface area contributed by atoms with E-state index in [1.165, 1.54) is 0 Å². The molecule has 3 aromatic rings. The summed E-state index contributed by atoms with van der Waals surface area (Å²) in [5.41, 5.74) is 3.67. The summed E-state index contributed by atoms with van der Waals surface area (Å²) in [4.78, 5) is 12.3. The van der Waals surface area contributed by atoms with Crippen molar-refractivity contribution in [2.75, 3.05) is 0 Å². The highest BCUT2D eigenvalue weighted by Crippen LogP contribution is 2.13. The number of benzene rings is 3. The van der Waals surface area contributed by atoms with Crippen molar-refractivity contribution in [3.05, 3.63) is 107 Å². The first-order valence-corrected chi connectivity index (χ1v) is 7.26. The lowest BCUT2D eigenvalue weighted by molar-refractivity contribution is 0.103. The van der Waals surface area contributed by atoms with Crippen molar-refractivity contribution in [3.8, 4) is 0 Å². The zero-order chi connectivity index (χ0) is 15.2. The molecule has 0 N–H and O–H groups in total. The van der Waals surface area contributed by atoms with Gasteiger partial charge in [-0.05, 0) is 11.1 Å². The summed E-state index contributed by atoms with van der Waals surface area (Å²) in [7, 11) is 0. The molecule has 0 aliphatic rings. The van der Waals surface area contributed by atoms with E-state index in [1.807, 2.05) is 78.9 Å². The van der Waals surface area contributed by atoms with Crippen LogP contribution in [0.2, 0.25) is 0 Å². The van der Waals surface area contributed by atoms with E-state index in [0.717, 1.165) is 16.7 Å². The molecule has 0 unspecified atom stereocenters. The van der Waals surface area contributed by atoms with Crippen LogP contribution in [0.15, 0.2) is 84.9 Å². The van der Waals surface area contributed by atoms with Crippen molar-refractivity contribution in [1.29, 1.82) is 0 Å². The summed E-state index contributed by atoms with van der Waals surface area (Å²) >= 11 is 0. The van der Waals surface area contributed by atoms with Gasteiger partial charge in [-0.2, -0.15) is 0 Å². The molecule has 0 aliphatic heterocycles. The van der Waals surface area contributed by atoms with E-state index >= 15 is 0 Å². The van der Waals surface area contributed by atoms with Crippen LogP contribution in [0.1, 0.15) is 27.0 Å². The zero-order valence-electron chi connectivity index (χ0n) is 12.1. The van der Waals surface area contributed by atoms with Crippen LogP contribution in [0.5, 0.6) is 0 Å². The number of ketones is 1. The molecule has 0 heterocycles. The topological polar surface area (TPSA) is 17.1 Å². The van der Waals surface area contributed by atoms with Gasteiger partial charge in [0.1, 0.15) is 0 Å². The van der Waals surface area contributed by atoms with E-state index in [1.54, 1.807) is 0 Å². The predicted octanol–water partition coefficient (Wildman–Crippen LogP) is 5.09. The Bertz CT molecular complexity index is 769. The van der Waals surface area contributed by atoms with Crippen molar-refractivity contribution >= 4 is 17.9 Å². The molecular weight excluding hydrogens is 268 g/mol. The van der Waals surface area contributed by atoms with Crippen LogP contribution < -0.4 is 0 Å². The van der Waals surface area contributed by atoms with Gasteiger partial charge in [-0.3, -0.25) is 4.79 Å². The maximum Gasteiger partial charge on any atom is 0.193 e. The van der Waals surface area contributed by atoms with Gasteiger partial charge >= 0.3 is 0 Å². The summed E-state index contributed by atoms with van der Waals surface area (Å²) in [6.07, 6.45) is 4.11.